The number of anilines is 2. The van der Waals surface area contributed by atoms with Crippen LogP contribution in [0, 0.1) is 0 Å². The van der Waals surface area contributed by atoms with E-state index >= 15 is 0 Å². The number of hydrogen-bond acceptors (Lipinski definition) is 5. The first-order valence-corrected chi connectivity index (χ1v) is 11.1. The van der Waals surface area contributed by atoms with Gasteiger partial charge in [0.1, 0.15) is 5.69 Å². The number of amides is 1. The number of benzene rings is 2. The van der Waals surface area contributed by atoms with Crippen molar-refractivity contribution in [3.63, 3.8) is 0 Å². The number of nitrogens with zero attached hydrogens (tertiary/aromatic N) is 2. The molecular weight excluding hydrogens is 404 g/mol. The average molecular weight is 435 g/mol. The first kappa shape index (κ1) is 21.7. The van der Waals surface area contributed by atoms with E-state index in [4.69, 9.17) is 9.47 Å². The van der Waals surface area contributed by atoms with Gasteiger partial charge in [0.05, 0.1) is 25.6 Å². The number of aromatic amines is 1. The fourth-order valence-electron chi connectivity index (χ4n) is 4.12. The highest BCUT2D eigenvalue weighted by atomic mass is 16.5. The number of aromatic nitrogens is 2. The molecule has 1 fully saturated rings. The largest absolute Gasteiger partial charge is 0.493 e. The number of carbonyl (C=O) groups excluding carboxylic acids is 1. The molecule has 7 heteroatoms. The minimum absolute atomic E-state index is 0.228. The Kier molecular flexibility index (Phi) is 6.63. The molecule has 1 amide bonds. The maximum Gasteiger partial charge on any atom is 0.255 e. The maximum absolute atomic E-state index is 13.0. The van der Waals surface area contributed by atoms with Gasteiger partial charge in [-0.2, -0.15) is 5.10 Å². The molecule has 4 rings (SSSR count). The van der Waals surface area contributed by atoms with Crippen LogP contribution in [-0.2, 0) is 6.42 Å². The van der Waals surface area contributed by atoms with Crippen LogP contribution in [0.15, 0.2) is 42.5 Å². The summed E-state index contributed by atoms with van der Waals surface area (Å²) in [5, 5.41) is 10.6. The molecule has 2 N–H and O–H groups in total. The second-order valence-corrected chi connectivity index (χ2v) is 7.90. The van der Waals surface area contributed by atoms with Gasteiger partial charge in [0, 0.05) is 29.9 Å². The number of H-pyrrole nitrogens is 1. The Morgan fingerprint density at radius 2 is 1.75 bits per heavy atom. The minimum atomic E-state index is -0.228. The van der Waals surface area contributed by atoms with E-state index in [1.165, 1.54) is 24.9 Å². The topological polar surface area (TPSA) is 79.5 Å². The Morgan fingerprint density at radius 1 is 1.03 bits per heavy atom. The summed E-state index contributed by atoms with van der Waals surface area (Å²) in [4.78, 5) is 15.5. The fourth-order valence-corrected chi connectivity index (χ4v) is 4.12. The zero-order valence-electron chi connectivity index (χ0n) is 18.9. The van der Waals surface area contributed by atoms with E-state index in [2.05, 4.69) is 44.7 Å². The van der Waals surface area contributed by atoms with Crippen molar-refractivity contribution in [2.24, 2.45) is 0 Å². The van der Waals surface area contributed by atoms with Crippen molar-refractivity contribution in [1.29, 1.82) is 0 Å². The summed E-state index contributed by atoms with van der Waals surface area (Å²) in [7, 11) is 3.12. The number of piperidine rings is 1. The number of nitrogens with one attached hydrogen (secondary N) is 2. The molecule has 7 nitrogen and oxygen atoms in total. The second-order valence-electron chi connectivity index (χ2n) is 7.90. The van der Waals surface area contributed by atoms with Crippen LogP contribution in [0.4, 0.5) is 11.4 Å². The number of ether oxygens (including phenoxy) is 2. The second kappa shape index (κ2) is 9.77. The van der Waals surface area contributed by atoms with Crippen molar-refractivity contribution in [2.75, 3.05) is 37.5 Å². The molecule has 0 radical (unpaired) electrons. The lowest BCUT2D eigenvalue weighted by molar-refractivity contribution is 0.102. The summed E-state index contributed by atoms with van der Waals surface area (Å²) < 4.78 is 10.6. The monoisotopic (exact) mass is 434 g/mol. The molecule has 0 aliphatic carbocycles. The van der Waals surface area contributed by atoms with Crippen LogP contribution in [0.3, 0.4) is 0 Å². The zero-order valence-corrected chi connectivity index (χ0v) is 18.9. The molecule has 32 heavy (non-hydrogen) atoms. The highest BCUT2D eigenvalue weighted by Gasteiger charge is 2.19. The van der Waals surface area contributed by atoms with Crippen LogP contribution in [0.25, 0.3) is 11.3 Å². The number of aryl methyl sites for hydroxylation is 1. The summed E-state index contributed by atoms with van der Waals surface area (Å²) >= 11 is 0. The van der Waals surface area contributed by atoms with Gasteiger partial charge in [-0.25, -0.2) is 0 Å². The lowest BCUT2D eigenvalue weighted by atomic mass is 10.1. The van der Waals surface area contributed by atoms with Crippen LogP contribution in [0.5, 0.6) is 11.5 Å². The van der Waals surface area contributed by atoms with Crippen molar-refractivity contribution >= 4 is 17.3 Å². The van der Waals surface area contributed by atoms with Gasteiger partial charge < -0.3 is 19.7 Å². The van der Waals surface area contributed by atoms with Crippen molar-refractivity contribution in [3.8, 4) is 22.8 Å². The van der Waals surface area contributed by atoms with Gasteiger partial charge in [-0.1, -0.05) is 19.1 Å². The molecule has 2 heterocycles. The third-order valence-electron chi connectivity index (χ3n) is 5.94. The standard InChI is InChI=1S/C25H30N4O3/c1-4-20-24(26-25(30)18-10-13-21(31-2)22(16-18)32-3)23(28-27-20)17-8-11-19(12-9-17)29-14-6-5-7-15-29/h8-13,16H,4-7,14-15H2,1-3H3,(H,26,30)(H,27,28). The fraction of sp³-hybridized carbons (Fsp3) is 0.360. The van der Waals surface area contributed by atoms with E-state index in [-0.39, 0.29) is 5.91 Å². The smallest absolute Gasteiger partial charge is 0.255 e. The summed E-state index contributed by atoms with van der Waals surface area (Å²) in [6.45, 7) is 4.24. The molecule has 3 aromatic rings. The van der Waals surface area contributed by atoms with E-state index in [9.17, 15) is 4.79 Å². The molecule has 1 aromatic heterocycles. The highest BCUT2D eigenvalue weighted by molar-refractivity contribution is 6.06. The highest BCUT2D eigenvalue weighted by Crippen LogP contribution is 2.32. The minimum Gasteiger partial charge on any atom is -0.493 e. The van der Waals surface area contributed by atoms with Crippen LogP contribution >= 0.6 is 0 Å². The Bertz CT molecular complexity index is 1070. The molecule has 0 bridgehead atoms. The third kappa shape index (κ3) is 4.42. The predicted octanol–water partition coefficient (Wildman–Crippen LogP) is 4.90. The van der Waals surface area contributed by atoms with Crippen LogP contribution in [-0.4, -0.2) is 43.4 Å². The Labute approximate surface area is 188 Å². The van der Waals surface area contributed by atoms with Gasteiger partial charge in [0.25, 0.3) is 5.91 Å². The summed E-state index contributed by atoms with van der Waals surface area (Å²) in [6.07, 6.45) is 4.52. The van der Waals surface area contributed by atoms with Crippen molar-refractivity contribution in [2.45, 2.75) is 32.6 Å². The summed E-state index contributed by atoms with van der Waals surface area (Å²) in [6, 6.07) is 13.5. The molecular formula is C25H30N4O3. The molecule has 0 atom stereocenters. The quantitative estimate of drug-likeness (QED) is 0.553. The number of hydrogen-bond donors (Lipinski definition) is 2. The van der Waals surface area contributed by atoms with Crippen molar-refractivity contribution in [3.05, 3.63) is 53.7 Å². The van der Waals surface area contributed by atoms with Gasteiger partial charge in [-0.3, -0.25) is 9.89 Å². The van der Waals surface area contributed by atoms with Gasteiger partial charge in [-0.15, -0.1) is 0 Å². The van der Waals surface area contributed by atoms with Gasteiger partial charge >= 0.3 is 0 Å². The van der Waals surface area contributed by atoms with Gasteiger partial charge in [0.2, 0.25) is 0 Å². The van der Waals surface area contributed by atoms with Crippen molar-refractivity contribution in [1.82, 2.24) is 10.2 Å². The summed E-state index contributed by atoms with van der Waals surface area (Å²) in [5.74, 6) is 0.862. The Balaban J connectivity index is 1.59. The van der Waals surface area contributed by atoms with E-state index in [1.807, 2.05) is 6.92 Å². The normalized spacial score (nSPS) is 13.7. The Morgan fingerprint density at radius 3 is 2.41 bits per heavy atom. The maximum atomic E-state index is 13.0. The average Bonchev–Trinajstić information content (AvgIpc) is 3.26. The molecule has 1 aliphatic heterocycles. The first-order chi connectivity index (χ1) is 15.6. The molecule has 0 spiro atoms. The lowest BCUT2D eigenvalue weighted by Gasteiger charge is -2.28. The predicted molar refractivity (Wildman–Crippen MR) is 127 cm³/mol. The van der Waals surface area contributed by atoms with E-state index in [0.717, 1.165) is 36.5 Å². The summed E-state index contributed by atoms with van der Waals surface area (Å²) in [5.41, 5.74) is 5.00. The van der Waals surface area contributed by atoms with Crippen molar-refractivity contribution < 1.29 is 14.3 Å². The third-order valence-corrected chi connectivity index (χ3v) is 5.94. The van der Waals surface area contributed by atoms with E-state index in [1.54, 1.807) is 32.4 Å². The SMILES string of the molecule is CCc1[nH]nc(-c2ccc(N3CCCCC3)cc2)c1NC(=O)c1ccc(OC)c(OC)c1. The molecule has 168 valence electrons. The number of carbonyl (C=O) groups is 1. The van der Waals surface area contributed by atoms with E-state index < -0.39 is 0 Å². The zero-order chi connectivity index (χ0) is 22.5. The Hall–Kier alpha value is -3.48. The molecule has 0 saturated carbocycles. The van der Waals surface area contributed by atoms with Crippen LogP contribution < -0.4 is 19.7 Å². The van der Waals surface area contributed by atoms with Gasteiger partial charge in [-0.05, 0) is 56.0 Å². The number of methoxy groups -OCH3 is 2. The molecule has 1 aliphatic rings. The van der Waals surface area contributed by atoms with Crippen LogP contribution in [0.1, 0.15) is 42.2 Å². The molecule has 2 aromatic carbocycles. The molecule has 1 saturated heterocycles. The lowest BCUT2D eigenvalue weighted by Crippen LogP contribution is -2.29. The number of rotatable bonds is 7. The van der Waals surface area contributed by atoms with Gasteiger partial charge in [0.15, 0.2) is 11.5 Å². The molecule has 0 unspecified atom stereocenters. The van der Waals surface area contributed by atoms with E-state index in [0.29, 0.717) is 22.7 Å². The first-order valence-electron chi connectivity index (χ1n) is 11.1. The van der Waals surface area contributed by atoms with Crippen LogP contribution in [0.2, 0.25) is 0 Å².